The largest absolute Gasteiger partial charge is 0.390 e. The van der Waals surface area contributed by atoms with Crippen LogP contribution in [-0.4, -0.2) is 57.5 Å². The molecular formula is C12H19NO6. The van der Waals surface area contributed by atoms with Gasteiger partial charge < -0.3 is 30.5 Å². The highest BCUT2D eigenvalue weighted by Crippen LogP contribution is 2.28. The molecule has 19 heavy (non-hydrogen) atoms. The van der Waals surface area contributed by atoms with E-state index in [2.05, 4.69) is 0 Å². The van der Waals surface area contributed by atoms with Crippen LogP contribution < -0.4 is 5.73 Å². The summed E-state index contributed by atoms with van der Waals surface area (Å²) in [6.07, 6.45) is -0.631. The maximum Gasteiger partial charge on any atom is 0.253 e. The lowest BCUT2D eigenvalue weighted by atomic mass is 10.0. The van der Waals surface area contributed by atoms with Crippen LogP contribution in [0.25, 0.3) is 0 Å². The maximum absolute atomic E-state index is 11.1. The van der Waals surface area contributed by atoms with Gasteiger partial charge in [-0.25, -0.2) is 0 Å². The minimum atomic E-state index is -1.69. The molecule has 6 unspecified atom stereocenters. The summed E-state index contributed by atoms with van der Waals surface area (Å²) in [7, 11) is 0. The van der Waals surface area contributed by atoms with E-state index in [9.17, 15) is 20.1 Å². The fourth-order valence-corrected chi connectivity index (χ4v) is 2.29. The molecule has 0 aromatic heterocycles. The fourth-order valence-electron chi connectivity index (χ4n) is 2.29. The van der Waals surface area contributed by atoms with Gasteiger partial charge in [-0.15, -0.1) is 0 Å². The first kappa shape index (κ1) is 14.4. The molecule has 5 N–H and O–H groups in total. The van der Waals surface area contributed by atoms with E-state index in [1.807, 2.05) is 0 Å². The molecule has 1 saturated heterocycles. The van der Waals surface area contributed by atoms with Crippen molar-refractivity contribution in [3.63, 3.8) is 0 Å². The van der Waals surface area contributed by atoms with Gasteiger partial charge in [0.15, 0.2) is 11.9 Å². The minimum absolute atomic E-state index is 0.0230. The van der Waals surface area contributed by atoms with Crippen molar-refractivity contribution in [3.8, 4) is 0 Å². The Hall–Kier alpha value is -0.990. The average molecular weight is 273 g/mol. The number of rotatable bonds is 3. The molecule has 0 bridgehead atoms. The van der Waals surface area contributed by atoms with Gasteiger partial charge in [-0.2, -0.15) is 0 Å². The molecule has 7 nitrogen and oxygen atoms in total. The molecule has 0 radical (unpaired) electrons. The number of hydrogen-bond donors (Lipinski definition) is 4. The van der Waals surface area contributed by atoms with Crippen molar-refractivity contribution < 1.29 is 29.6 Å². The predicted octanol–water partition coefficient (Wildman–Crippen LogP) is -1.60. The smallest absolute Gasteiger partial charge is 0.253 e. The first-order valence-electron chi connectivity index (χ1n) is 6.20. The van der Waals surface area contributed by atoms with Gasteiger partial charge in [0.25, 0.3) is 5.91 Å². The quantitative estimate of drug-likeness (QED) is 0.460. The molecular weight excluding hydrogens is 254 g/mol. The topological polar surface area (TPSA) is 122 Å². The van der Waals surface area contributed by atoms with Gasteiger partial charge in [-0.3, -0.25) is 4.79 Å². The van der Waals surface area contributed by atoms with Crippen LogP contribution in [0.4, 0.5) is 0 Å². The van der Waals surface area contributed by atoms with E-state index in [-0.39, 0.29) is 12.8 Å². The molecule has 0 aromatic rings. The summed E-state index contributed by atoms with van der Waals surface area (Å²) < 4.78 is 10.9. The van der Waals surface area contributed by atoms with Crippen molar-refractivity contribution >= 4 is 5.91 Å². The van der Waals surface area contributed by atoms with E-state index in [4.69, 9.17) is 15.2 Å². The third-order valence-electron chi connectivity index (χ3n) is 3.53. The van der Waals surface area contributed by atoms with E-state index in [1.54, 1.807) is 6.92 Å². The number of carbonyl (C=O) groups is 1. The molecule has 1 amide bonds. The number of amides is 1. The van der Waals surface area contributed by atoms with Crippen molar-refractivity contribution in [3.05, 3.63) is 12.2 Å². The lowest BCUT2D eigenvalue weighted by Gasteiger charge is -2.36. The van der Waals surface area contributed by atoms with Crippen molar-refractivity contribution in [2.24, 2.45) is 5.73 Å². The summed E-state index contributed by atoms with van der Waals surface area (Å²) in [5.74, 6) is -0.830. The summed E-state index contributed by atoms with van der Waals surface area (Å²) in [6.45, 7) is 1.63. The van der Waals surface area contributed by atoms with Crippen LogP contribution in [0.15, 0.2) is 12.2 Å². The summed E-state index contributed by atoms with van der Waals surface area (Å²) in [5, 5.41) is 29.0. The van der Waals surface area contributed by atoms with E-state index in [0.29, 0.717) is 0 Å². The Labute approximate surface area is 110 Å². The van der Waals surface area contributed by atoms with Crippen LogP contribution in [0.5, 0.6) is 0 Å². The maximum atomic E-state index is 11.1. The Morgan fingerprint density at radius 3 is 2.74 bits per heavy atom. The van der Waals surface area contributed by atoms with Crippen LogP contribution >= 0.6 is 0 Å². The Bertz CT molecular complexity index is 374. The molecule has 1 aliphatic carbocycles. The summed E-state index contributed by atoms with van der Waals surface area (Å²) >= 11 is 0. The zero-order valence-corrected chi connectivity index (χ0v) is 10.6. The highest BCUT2D eigenvalue weighted by molar-refractivity contribution is 5.86. The zero-order chi connectivity index (χ0) is 14.2. The van der Waals surface area contributed by atoms with Crippen molar-refractivity contribution in [1.29, 1.82) is 0 Å². The minimum Gasteiger partial charge on any atom is -0.390 e. The Balaban J connectivity index is 1.90. The van der Waals surface area contributed by atoms with Crippen LogP contribution in [0, 0.1) is 0 Å². The molecule has 1 fully saturated rings. The number of ether oxygens (including phenoxy) is 2. The van der Waals surface area contributed by atoms with Gasteiger partial charge in [0.1, 0.15) is 6.10 Å². The molecule has 1 heterocycles. The first-order valence-corrected chi connectivity index (χ1v) is 6.20. The number of hydrogen-bond acceptors (Lipinski definition) is 6. The lowest BCUT2D eigenvalue weighted by molar-refractivity contribution is -0.255. The van der Waals surface area contributed by atoms with Gasteiger partial charge >= 0.3 is 0 Å². The van der Waals surface area contributed by atoms with Crippen LogP contribution in [0.3, 0.4) is 0 Å². The van der Waals surface area contributed by atoms with Gasteiger partial charge in [0.2, 0.25) is 0 Å². The second kappa shape index (κ2) is 5.18. The van der Waals surface area contributed by atoms with E-state index < -0.39 is 42.2 Å². The van der Waals surface area contributed by atoms with E-state index >= 15 is 0 Å². The summed E-state index contributed by atoms with van der Waals surface area (Å²) in [5.41, 5.74) is 3.40. The first-order chi connectivity index (χ1) is 8.82. The van der Waals surface area contributed by atoms with Crippen LogP contribution in [-0.2, 0) is 14.3 Å². The Kier molecular flexibility index (Phi) is 3.93. The van der Waals surface area contributed by atoms with Gasteiger partial charge in [0.05, 0.1) is 18.3 Å². The van der Waals surface area contributed by atoms with Gasteiger partial charge in [0, 0.05) is 12.8 Å². The molecule has 7 heteroatoms. The monoisotopic (exact) mass is 273 g/mol. The molecule has 6 atom stereocenters. The van der Waals surface area contributed by atoms with Crippen LogP contribution in [0.1, 0.15) is 19.8 Å². The molecule has 0 spiro atoms. The number of aliphatic hydroxyl groups excluding tert-OH is 2. The third kappa shape index (κ3) is 2.96. The summed E-state index contributed by atoms with van der Waals surface area (Å²) in [6, 6.07) is 0. The highest BCUT2D eigenvalue weighted by Gasteiger charge is 2.41. The number of aliphatic hydroxyl groups is 3. The standard InChI is InChI=1S/C12H19NO6/c1-6-10(15)8(14)4-9(18-6)19-7-2-3-12(17,5-7)11(13)16/h2-3,6-10,14-15,17H,4-5H2,1H3,(H2,13,16). The third-order valence-corrected chi connectivity index (χ3v) is 3.53. The molecule has 2 aliphatic rings. The molecule has 1 aliphatic heterocycles. The number of carbonyl (C=O) groups excluding carboxylic acids is 1. The van der Waals surface area contributed by atoms with Crippen molar-refractivity contribution in [1.82, 2.24) is 0 Å². The number of primary amides is 1. The molecule has 108 valence electrons. The number of nitrogens with two attached hydrogens (primary N) is 1. The second-order valence-corrected chi connectivity index (χ2v) is 5.09. The van der Waals surface area contributed by atoms with Gasteiger partial charge in [-0.05, 0) is 13.0 Å². The summed E-state index contributed by atoms with van der Waals surface area (Å²) in [4.78, 5) is 11.1. The average Bonchev–Trinajstić information content (AvgIpc) is 2.69. The predicted molar refractivity (Wildman–Crippen MR) is 63.7 cm³/mol. The van der Waals surface area contributed by atoms with E-state index in [0.717, 1.165) is 0 Å². The van der Waals surface area contributed by atoms with Crippen molar-refractivity contribution in [2.45, 2.75) is 56.1 Å². The zero-order valence-electron chi connectivity index (χ0n) is 10.6. The lowest BCUT2D eigenvalue weighted by Crippen LogP contribution is -2.48. The molecule has 2 rings (SSSR count). The SMILES string of the molecule is CC1OC(OC2C=CC(O)(C(N)=O)C2)CC(O)C1O. The Morgan fingerprint density at radius 1 is 1.53 bits per heavy atom. The van der Waals surface area contributed by atoms with E-state index in [1.165, 1.54) is 12.2 Å². The molecule has 0 saturated carbocycles. The highest BCUT2D eigenvalue weighted by atomic mass is 16.7. The normalized spacial score (nSPS) is 46.4. The second-order valence-electron chi connectivity index (χ2n) is 5.09. The van der Waals surface area contributed by atoms with Crippen molar-refractivity contribution in [2.75, 3.05) is 0 Å². The Morgan fingerprint density at radius 2 is 2.21 bits per heavy atom. The van der Waals surface area contributed by atoms with Gasteiger partial charge in [-0.1, -0.05) is 6.08 Å². The van der Waals surface area contributed by atoms with Crippen LogP contribution in [0.2, 0.25) is 0 Å². The molecule has 0 aromatic carbocycles. The fraction of sp³-hybridized carbons (Fsp3) is 0.750.